The van der Waals surface area contributed by atoms with Gasteiger partial charge in [0.2, 0.25) is 29.5 Å². The second-order valence-corrected chi connectivity index (χ2v) is 10.6. The summed E-state index contributed by atoms with van der Waals surface area (Å²) in [6.45, 7) is 6.55. The monoisotopic (exact) mass is 593 g/mol. The summed E-state index contributed by atoms with van der Waals surface area (Å²) in [5.74, 6) is -2.07. The Morgan fingerprint density at radius 3 is 1.67 bits per heavy atom. The molecule has 0 spiro atoms. The molecule has 0 rings (SSSR count). The molecule has 4 atom stereocenters. The molecule has 0 saturated carbocycles. The lowest BCUT2D eigenvalue weighted by Gasteiger charge is -2.20. The van der Waals surface area contributed by atoms with Crippen LogP contribution in [0.25, 0.3) is 0 Å². The Bertz CT molecular complexity index is 878. The van der Waals surface area contributed by atoms with E-state index >= 15 is 0 Å². The zero-order chi connectivity index (χ0) is 31.8. The Hall–Kier alpha value is -3.25. The Kier molecular flexibility index (Phi) is 22.5. The van der Waals surface area contributed by atoms with Crippen LogP contribution in [0.2, 0.25) is 0 Å². The molecule has 10 N–H and O–H groups in total. The average molecular weight is 594 g/mol. The predicted molar refractivity (Wildman–Crippen MR) is 166 cm³/mol. The second-order valence-electron chi connectivity index (χ2n) is 10.6. The minimum absolute atomic E-state index is 0.0597. The Balaban J connectivity index is 4.92. The van der Waals surface area contributed by atoms with E-state index in [1.807, 2.05) is 0 Å². The van der Waals surface area contributed by atoms with Gasteiger partial charge in [-0.3, -0.25) is 24.0 Å². The standard InChI is InChI=1S/C30H55N7O5/c1-4-5-6-7-8-15-26(38)34-22(2)16-18-28(40)37-25(14-10-12-21-32)30(42)35-23(3)17-19-27(39)36-24(29(33)41)13-9-11-20-31/h16-19,22-25H,4-15,20-21,31-32H2,1-3H3,(H2,33,41)(H,34,38)(H,35,42)(H,36,39)(H,37,40)/b18-16+,19-17+/t22-,23-,24-,25-/m0/s1. The first-order valence-corrected chi connectivity index (χ1v) is 15.3. The smallest absolute Gasteiger partial charge is 0.244 e. The third kappa shape index (κ3) is 20.6. The van der Waals surface area contributed by atoms with E-state index in [0.717, 1.165) is 25.7 Å². The van der Waals surface area contributed by atoms with Crippen LogP contribution in [0.4, 0.5) is 0 Å². The third-order valence-electron chi connectivity index (χ3n) is 6.53. The van der Waals surface area contributed by atoms with Gasteiger partial charge in [-0.2, -0.15) is 0 Å². The van der Waals surface area contributed by atoms with Gasteiger partial charge in [-0.1, -0.05) is 44.8 Å². The predicted octanol–water partition coefficient (Wildman–Crippen LogP) is 1.18. The molecule has 0 aliphatic rings. The lowest BCUT2D eigenvalue weighted by atomic mass is 10.1. The fourth-order valence-electron chi connectivity index (χ4n) is 4.08. The molecule has 0 aliphatic heterocycles. The zero-order valence-corrected chi connectivity index (χ0v) is 25.8. The number of carbonyl (C=O) groups excluding carboxylic acids is 5. The normalized spacial score (nSPS) is 14.2. The first kappa shape index (κ1) is 38.8. The summed E-state index contributed by atoms with van der Waals surface area (Å²) in [4.78, 5) is 61.5. The van der Waals surface area contributed by atoms with Gasteiger partial charge in [0.1, 0.15) is 12.1 Å². The minimum atomic E-state index is -0.812. The van der Waals surface area contributed by atoms with Crippen molar-refractivity contribution in [2.24, 2.45) is 17.2 Å². The van der Waals surface area contributed by atoms with Gasteiger partial charge in [0.05, 0.1) is 0 Å². The largest absolute Gasteiger partial charge is 0.368 e. The number of primary amides is 1. The van der Waals surface area contributed by atoms with Gasteiger partial charge in [0.15, 0.2) is 0 Å². The van der Waals surface area contributed by atoms with Crippen molar-refractivity contribution >= 4 is 29.5 Å². The number of rotatable bonds is 24. The van der Waals surface area contributed by atoms with E-state index in [1.54, 1.807) is 19.9 Å². The average Bonchev–Trinajstić information content (AvgIpc) is 2.93. The molecule has 0 radical (unpaired) electrons. The molecule has 0 aromatic carbocycles. The van der Waals surface area contributed by atoms with E-state index < -0.39 is 41.8 Å². The molecular formula is C30H55N7O5. The molecule has 0 heterocycles. The second kappa shape index (κ2) is 24.4. The minimum Gasteiger partial charge on any atom is -0.368 e. The molecule has 0 unspecified atom stereocenters. The maximum Gasteiger partial charge on any atom is 0.244 e. The van der Waals surface area contributed by atoms with Gasteiger partial charge in [0.25, 0.3) is 0 Å². The lowest BCUT2D eigenvalue weighted by Crippen LogP contribution is -2.48. The molecule has 5 amide bonds. The summed E-state index contributed by atoms with van der Waals surface area (Å²) in [7, 11) is 0. The van der Waals surface area contributed by atoms with Gasteiger partial charge < -0.3 is 38.5 Å². The van der Waals surface area contributed by atoms with Crippen molar-refractivity contribution in [2.75, 3.05) is 13.1 Å². The number of nitrogens with one attached hydrogen (secondary N) is 4. The van der Waals surface area contributed by atoms with Crippen molar-refractivity contribution in [1.82, 2.24) is 21.3 Å². The van der Waals surface area contributed by atoms with Gasteiger partial charge in [-0.15, -0.1) is 0 Å². The molecule has 0 aromatic rings. The van der Waals surface area contributed by atoms with Crippen molar-refractivity contribution in [3.63, 3.8) is 0 Å². The molecule has 12 nitrogen and oxygen atoms in total. The van der Waals surface area contributed by atoms with Gasteiger partial charge >= 0.3 is 0 Å². The number of nitrogens with two attached hydrogens (primary N) is 3. The summed E-state index contributed by atoms with van der Waals surface area (Å²) in [6.07, 6.45) is 14.8. The van der Waals surface area contributed by atoms with Crippen molar-refractivity contribution in [3.05, 3.63) is 24.3 Å². The van der Waals surface area contributed by atoms with Crippen LogP contribution in [0, 0.1) is 0 Å². The summed E-state index contributed by atoms with van der Waals surface area (Å²) in [5.41, 5.74) is 16.4. The van der Waals surface area contributed by atoms with Crippen molar-refractivity contribution in [2.45, 2.75) is 122 Å². The lowest BCUT2D eigenvalue weighted by molar-refractivity contribution is -0.127. The number of hydrogen-bond donors (Lipinski definition) is 7. The summed E-state index contributed by atoms with van der Waals surface area (Å²) < 4.78 is 0. The van der Waals surface area contributed by atoms with Crippen LogP contribution in [0.3, 0.4) is 0 Å². The summed E-state index contributed by atoms with van der Waals surface area (Å²) in [6, 6.07) is -2.49. The van der Waals surface area contributed by atoms with E-state index in [9.17, 15) is 24.0 Å². The fraction of sp³-hybridized carbons (Fsp3) is 0.700. The van der Waals surface area contributed by atoms with Crippen LogP contribution >= 0.6 is 0 Å². The van der Waals surface area contributed by atoms with E-state index in [0.29, 0.717) is 58.0 Å². The Morgan fingerprint density at radius 1 is 0.643 bits per heavy atom. The van der Waals surface area contributed by atoms with E-state index in [2.05, 4.69) is 28.2 Å². The van der Waals surface area contributed by atoms with Crippen LogP contribution in [-0.4, -0.2) is 66.8 Å². The molecular weight excluding hydrogens is 538 g/mol. The zero-order valence-electron chi connectivity index (χ0n) is 25.8. The number of hydrogen-bond acceptors (Lipinski definition) is 7. The number of unbranched alkanes of at least 4 members (excludes halogenated alkanes) is 6. The fourth-order valence-corrected chi connectivity index (χ4v) is 4.08. The first-order chi connectivity index (χ1) is 20.0. The Morgan fingerprint density at radius 2 is 1.14 bits per heavy atom. The molecule has 0 aliphatic carbocycles. The molecule has 42 heavy (non-hydrogen) atoms. The molecule has 12 heteroatoms. The number of amides is 5. The molecule has 0 saturated heterocycles. The van der Waals surface area contributed by atoms with Crippen LogP contribution in [0.5, 0.6) is 0 Å². The van der Waals surface area contributed by atoms with Gasteiger partial charge in [-0.25, -0.2) is 0 Å². The molecule has 240 valence electrons. The van der Waals surface area contributed by atoms with Crippen molar-refractivity contribution in [3.8, 4) is 0 Å². The topological polar surface area (TPSA) is 212 Å². The Labute approximate surface area is 251 Å². The van der Waals surface area contributed by atoms with Gasteiger partial charge in [-0.05, 0) is 71.9 Å². The van der Waals surface area contributed by atoms with Gasteiger partial charge in [0, 0.05) is 30.7 Å². The maximum absolute atomic E-state index is 12.9. The quantitative estimate of drug-likeness (QED) is 0.0641. The van der Waals surface area contributed by atoms with E-state index in [1.165, 1.54) is 24.6 Å². The highest BCUT2D eigenvalue weighted by atomic mass is 16.2. The van der Waals surface area contributed by atoms with Crippen molar-refractivity contribution < 1.29 is 24.0 Å². The van der Waals surface area contributed by atoms with Crippen LogP contribution < -0.4 is 38.5 Å². The van der Waals surface area contributed by atoms with Crippen LogP contribution in [0.1, 0.15) is 97.8 Å². The highest BCUT2D eigenvalue weighted by Gasteiger charge is 2.21. The molecule has 0 fully saturated rings. The maximum atomic E-state index is 12.9. The highest BCUT2D eigenvalue weighted by molar-refractivity contribution is 5.94. The molecule has 0 aromatic heterocycles. The summed E-state index contributed by atoms with van der Waals surface area (Å²) >= 11 is 0. The first-order valence-electron chi connectivity index (χ1n) is 15.3. The van der Waals surface area contributed by atoms with E-state index in [4.69, 9.17) is 17.2 Å². The highest BCUT2D eigenvalue weighted by Crippen LogP contribution is 2.06. The SMILES string of the molecule is CCCCCCCC(=O)N[C@@H](C)/C=C/C(=O)N[C@@H](CCCCN)C(=O)N[C@@H](C)/C=C/C(=O)N[C@@H](CCCCN)C(N)=O. The molecule has 0 bridgehead atoms. The number of carbonyl (C=O) groups is 5. The van der Waals surface area contributed by atoms with Crippen LogP contribution in [-0.2, 0) is 24.0 Å². The van der Waals surface area contributed by atoms with E-state index in [-0.39, 0.29) is 11.9 Å². The van der Waals surface area contributed by atoms with Crippen molar-refractivity contribution in [1.29, 1.82) is 0 Å². The third-order valence-corrected chi connectivity index (χ3v) is 6.53. The van der Waals surface area contributed by atoms with Crippen LogP contribution in [0.15, 0.2) is 24.3 Å². The summed E-state index contributed by atoms with van der Waals surface area (Å²) in [5, 5.41) is 10.9.